The Morgan fingerprint density at radius 2 is 2.05 bits per heavy atom. The Hall–Kier alpha value is -1.58. The molecule has 0 saturated heterocycles. The Kier molecular flexibility index (Phi) is 4.92. The summed E-state index contributed by atoms with van der Waals surface area (Å²) < 4.78 is 56.5. The molecule has 6 nitrogen and oxygen atoms in total. The Balaban J connectivity index is 3.21. The molecule has 0 atom stereocenters. The first-order valence-corrected chi connectivity index (χ1v) is 6.49. The summed E-state index contributed by atoms with van der Waals surface area (Å²) in [6.45, 7) is -0.126. The van der Waals surface area contributed by atoms with Gasteiger partial charge in [0.25, 0.3) is 0 Å². The molecule has 0 spiro atoms. The van der Waals surface area contributed by atoms with Gasteiger partial charge in [0.1, 0.15) is 4.90 Å². The van der Waals surface area contributed by atoms with E-state index in [0.717, 1.165) is 0 Å². The summed E-state index contributed by atoms with van der Waals surface area (Å²) in [5.74, 6) is -4.74. The van der Waals surface area contributed by atoms with Gasteiger partial charge in [0.2, 0.25) is 10.0 Å². The smallest absolute Gasteiger partial charge is 0.335 e. The van der Waals surface area contributed by atoms with Gasteiger partial charge in [-0.2, -0.15) is 0 Å². The maximum Gasteiger partial charge on any atom is 0.335 e. The standard InChI is InChI=1S/C10H11F2NO5S/c1-18-3-2-13-19(16,17)8-5-6(10(14)15)4-7(11)9(8)12/h4-5,13H,2-3H2,1H3,(H,14,15). The summed E-state index contributed by atoms with van der Waals surface area (Å²) in [6, 6.07) is 0.960. The fourth-order valence-electron chi connectivity index (χ4n) is 1.24. The zero-order chi connectivity index (χ0) is 14.6. The Bertz CT molecular complexity index is 588. The van der Waals surface area contributed by atoms with Crippen LogP contribution in [0.4, 0.5) is 8.78 Å². The van der Waals surface area contributed by atoms with E-state index in [0.29, 0.717) is 12.1 Å². The van der Waals surface area contributed by atoms with E-state index in [1.54, 1.807) is 0 Å². The van der Waals surface area contributed by atoms with Gasteiger partial charge >= 0.3 is 5.97 Å². The molecule has 0 aliphatic carbocycles. The molecule has 0 aliphatic heterocycles. The highest BCUT2D eigenvalue weighted by Crippen LogP contribution is 2.19. The molecule has 9 heteroatoms. The van der Waals surface area contributed by atoms with Gasteiger partial charge in [-0.1, -0.05) is 0 Å². The van der Waals surface area contributed by atoms with Gasteiger partial charge in [0.05, 0.1) is 12.2 Å². The van der Waals surface area contributed by atoms with Crippen molar-refractivity contribution in [1.82, 2.24) is 4.72 Å². The van der Waals surface area contributed by atoms with E-state index < -0.39 is 38.1 Å². The fourth-order valence-corrected chi connectivity index (χ4v) is 2.36. The number of carboxylic acids is 1. The number of hydrogen-bond acceptors (Lipinski definition) is 4. The molecule has 1 aromatic carbocycles. The van der Waals surface area contributed by atoms with Crippen LogP contribution in [0.5, 0.6) is 0 Å². The summed E-state index contributed by atoms with van der Waals surface area (Å²) in [4.78, 5) is 9.63. The van der Waals surface area contributed by atoms with Crippen LogP contribution in [0.25, 0.3) is 0 Å². The third-order valence-corrected chi connectivity index (χ3v) is 3.59. The molecule has 0 saturated carbocycles. The van der Waals surface area contributed by atoms with Crippen molar-refractivity contribution in [1.29, 1.82) is 0 Å². The third-order valence-electron chi connectivity index (χ3n) is 2.13. The number of methoxy groups -OCH3 is 1. The average molecular weight is 295 g/mol. The summed E-state index contributed by atoms with van der Waals surface area (Å²) in [5, 5.41) is 8.68. The number of aromatic carboxylic acids is 1. The van der Waals surface area contributed by atoms with E-state index in [1.165, 1.54) is 7.11 Å². The molecule has 0 radical (unpaired) electrons. The Morgan fingerprint density at radius 1 is 1.42 bits per heavy atom. The molecule has 0 fully saturated rings. The second-order valence-electron chi connectivity index (χ2n) is 3.47. The molecule has 0 aromatic heterocycles. The largest absolute Gasteiger partial charge is 0.478 e. The number of ether oxygens (including phenoxy) is 1. The van der Waals surface area contributed by atoms with Crippen molar-refractivity contribution in [2.75, 3.05) is 20.3 Å². The van der Waals surface area contributed by atoms with Crippen LogP contribution in [-0.2, 0) is 14.8 Å². The van der Waals surface area contributed by atoms with Crippen LogP contribution >= 0.6 is 0 Å². The first kappa shape index (κ1) is 15.5. The minimum atomic E-state index is -4.35. The number of benzene rings is 1. The summed E-state index contributed by atoms with van der Waals surface area (Å²) in [7, 11) is -3.02. The molecule has 0 bridgehead atoms. The van der Waals surface area contributed by atoms with Gasteiger partial charge < -0.3 is 9.84 Å². The van der Waals surface area contributed by atoms with Crippen molar-refractivity contribution >= 4 is 16.0 Å². The molecular weight excluding hydrogens is 284 g/mol. The van der Waals surface area contributed by atoms with Crippen LogP contribution in [0.15, 0.2) is 17.0 Å². The lowest BCUT2D eigenvalue weighted by molar-refractivity contribution is 0.0696. The average Bonchev–Trinajstić information content (AvgIpc) is 2.32. The predicted molar refractivity (Wildman–Crippen MR) is 60.4 cm³/mol. The van der Waals surface area contributed by atoms with Gasteiger partial charge in [0.15, 0.2) is 11.6 Å². The van der Waals surface area contributed by atoms with Gasteiger partial charge in [-0.05, 0) is 12.1 Å². The number of halogens is 2. The van der Waals surface area contributed by atoms with Crippen LogP contribution in [0, 0.1) is 11.6 Å². The van der Waals surface area contributed by atoms with Crippen LogP contribution in [0.1, 0.15) is 10.4 Å². The molecule has 0 aliphatic rings. The van der Waals surface area contributed by atoms with Crippen molar-refractivity contribution < 1.29 is 31.8 Å². The minimum Gasteiger partial charge on any atom is -0.478 e. The maximum absolute atomic E-state index is 13.4. The van der Waals surface area contributed by atoms with Crippen LogP contribution in [0.3, 0.4) is 0 Å². The number of carboxylic acid groups (broad SMARTS) is 1. The van der Waals surface area contributed by atoms with Crippen molar-refractivity contribution in [2.24, 2.45) is 0 Å². The normalized spacial score (nSPS) is 11.5. The second kappa shape index (κ2) is 6.04. The minimum absolute atomic E-state index is 0.0297. The fraction of sp³-hybridized carbons (Fsp3) is 0.300. The summed E-state index contributed by atoms with van der Waals surface area (Å²) >= 11 is 0. The van der Waals surface area contributed by atoms with Gasteiger partial charge in [-0.3, -0.25) is 0 Å². The molecule has 19 heavy (non-hydrogen) atoms. The topological polar surface area (TPSA) is 92.7 Å². The van der Waals surface area contributed by atoms with Crippen molar-refractivity contribution in [3.63, 3.8) is 0 Å². The third kappa shape index (κ3) is 3.69. The molecule has 0 unspecified atom stereocenters. The molecule has 2 N–H and O–H groups in total. The predicted octanol–water partition coefficient (Wildman–Crippen LogP) is 0.588. The van der Waals surface area contributed by atoms with Gasteiger partial charge in [0, 0.05) is 13.7 Å². The zero-order valence-corrected chi connectivity index (χ0v) is 10.6. The van der Waals surface area contributed by atoms with Crippen LogP contribution < -0.4 is 4.72 Å². The monoisotopic (exact) mass is 295 g/mol. The maximum atomic E-state index is 13.4. The van der Waals surface area contributed by atoms with E-state index >= 15 is 0 Å². The first-order valence-electron chi connectivity index (χ1n) is 5.00. The zero-order valence-electron chi connectivity index (χ0n) is 9.81. The van der Waals surface area contributed by atoms with E-state index in [1.807, 2.05) is 4.72 Å². The first-order chi connectivity index (χ1) is 8.79. The number of carbonyl (C=O) groups is 1. The molecule has 0 amide bonds. The second-order valence-corrected chi connectivity index (χ2v) is 5.20. The Morgan fingerprint density at radius 3 is 2.58 bits per heavy atom. The van der Waals surface area contributed by atoms with E-state index in [4.69, 9.17) is 5.11 Å². The lowest BCUT2D eigenvalue weighted by Gasteiger charge is -2.08. The molecular formula is C10H11F2NO5S. The van der Waals surface area contributed by atoms with Crippen molar-refractivity contribution in [2.45, 2.75) is 4.90 Å². The molecule has 106 valence electrons. The number of nitrogens with one attached hydrogen (secondary N) is 1. The van der Waals surface area contributed by atoms with E-state index in [-0.39, 0.29) is 13.2 Å². The highest BCUT2D eigenvalue weighted by molar-refractivity contribution is 7.89. The van der Waals surface area contributed by atoms with Crippen molar-refractivity contribution in [3.05, 3.63) is 29.3 Å². The molecule has 0 heterocycles. The summed E-state index contributed by atoms with van der Waals surface area (Å²) in [6.07, 6.45) is 0. The SMILES string of the molecule is COCCNS(=O)(=O)c1cc(C(=O)O)cc(F)c1F. The molecule has 1 rings (SSSR count). The van der Waals surface area contributed by atoms with E-state index in [9.17, 15) is 22.0 Å². The van der Waals surface area contributed by atoms with Crippen LogP contribution in [0.2, 0.25) is 0 Å². The Labute approximate surface area is 108 Å². The quantitative estimate of drug-likeness (QED) is 0.749. The van der Waals surface area contributed by atoms with Gasteiger partial charge in [-0.15, -0.1) is 0 Å². The van der Waals surface area contributed by atoms with E-state index in [2.05, 4.69) is 4.74 Å². The lowest BCUT2D eigenvalue weighted by atomic mass is 10.2. The van der Waals surface area contributed by atoms with Gasteiger partial charge in [-0.25, -0.2) is 26.7 Å². The number of sulfonamides is 1. The molecule has 1 aromatic rings. The highest BCUT2D eigenvalue weighted by Gasteiger charge is 2.24. The number of hydrogen-bond donors (Lipinski definition) is 2. The number of rotatable bonds is 6. The van der Waals surface area contributed by atoms with Crippen LogP contribution in [-0.4, -0.2) is 39.8 Å². The van der Waals surface area contributed by atoms with Crippen molar-refractivity contribution in [3.8, 4) is 0 Å². The highest BCUT2D eigenvalue weighted by atomic mass is 32.2. The lowest BCUT2D eigenvalue weighted by Crippen LogP contribution is -2.28. The summed E-state index contributed by atoms with van der Waals surface area (Å²) in [5.41, 5.74) is -0.661.